The molecule has 0 saturated carbocycles. The van der Waals surface area contributed by atoms with Gasteiger partial charge in [0.25, 0.3) is 0 Å². The van der Waals surface area contributed by atoms with Gasteiger partial charge in [-0.05, 0) is 51.6 Å². The highest BCUT2D eigenvalue weighted by Crippen LogP contribution is 2.20. The molecule has 0 bridgehead atoms. The zero-order valence-electron chi connectivity index (χ0n) is 18.7. The maximum absolute atomic E-state index is 5.72. The van der Waals surface area contributed by atoms with E-state index in [-0.39, 0.29) is 24.0 Å². The summed E-state index contributed by atoms with van der Waals surface area (Å²) >= 11 is 1.71. The van der Waals surface area contributed by atoms with Gasteiger partial charge in [0.1, 0.15) is 10.8 Å². The van der Waals surface area contributed by atoms with Crippen molar-refractivity contribution < 1.29 is 4.42 Å². The Morgan fingerprint density at radius 3 is 2.57 bits per heavy atom. The number of nitrogens with zero attached hydrogens (tertiary/aromatic N) is 4. The molecular weight excluding hydrogens is 511 g/mol. The number of hydrogen-bond donors (Lipinski definition) is 2. The van der Waals surface area contributed by atoms with E-state index in [0.717, 1.165) is 60.2 Å². The lowest BCUT2D eigenvalue weighted by Gasteiger charge is -2.31. The maximum Gasteiger partial charge on any atom is 0.208 e. The second-order valence-corrected chi connectivity index (χ2v) is 9.04. The van der Waals surface area contributed by atoms with Gasteiger partial charge in [-0.15, -0.1) is 35.3 Å². The second kappa shape index (κ2) is 12.0. The molecule has 7 nitrogen and oxygen atoms in total. The summed E-state index contributed by atoms with van der Waals surface area (Å²) in [7, 11) is 1.82. The van der Waals surface area contributed by atoms with Gasteiger partial charge in [0, 0.05) is 19.0 Å². The van der Waals surface area contributed by atoms with Crippen LogP contribution in [0.4, 0.5) is 0 Å². The molecule has 30 heavy (non-hydrogen) atoms. The topological polar surface area (TPSA) is 78.6 Å². The number of aromatic nitrogens is 2. The Labute approximate surface area is 201 Å². The van der Waals surface area contributed by atoms with Gasteiger partial charge < -0.3 is 15.1 Å². The van der Waals surface area contributed by atoms with Crippen LogP contribution >= 0.6 is 35.3 Å². The molecule has 0 aliphatic carbocycles. The van der Waals surface area contributed by atoms with E-state index in [4.69, 9.17) is 4.42 Å². The van der Waals surface area contributed by atoms with Crippen LogP contribution in [0.1, 0.15) is 60.7 Å². The predicted molar refractivity (Wildman–Crippen MR) is 134 cm³/mol. The highest BCUT2D eigenvalue weighted by atomic mass is 127. The number of hydrogen-bond acceptors (Lipinski definition) is 6. The summed E-state index contributed by atoms with van der Waals surface area (Å²) in [6.07, 6.45) is 2.35. The molecule has 0 spiro atoms. The number of piperidine rings is 1. The monoisotopic (exact) mass is 546 g/mol. The average molecular weight is 547 g/mol. The molecule has 2 aromatic heterocycles. The normalized spacial score (nSPS) is 16.0. The van der Waals surface area contributed by atoms with Crippen molar-refractivity contribution in [1.82, 2.24) is 25.5 Å². The fourth-order valence-corrected chi connectivity index (χ4v) is 4.33. The molecule has 1 saturated heterocycles. The summed E-state index contributed by atoms with van der Waals surface area (Å²) in [4.78, 5) is 16.0. The number of guanidine groups is 1. The van der Waals surface area contributed by atoms with E-state index in [1.807, 2.05) is 20.9 Å². The molecule has 0 amide bonds. The maximum atomic E-state index is 5.72. The van der Waals surface area contributed by atoms with Crippen LogP contribution in [0.5, 0.6) is 0 Å². The molecule has 2 aromatic rings. The first-order valence-corrected chi connectivity index (χ1v) is 11.4. The van der Waals surface area contributed by atoms with Crippen LogP contribution in [0.2, 0.25) is 0 Å². The van der Waals surface area contributed by atoms with Gasteiger partial charge in [-0.25, -0.2) is 9.97 Å². The van der Waals surface area contributed by atoms with Crippen molar-refractivity contribution >= 4 is 41.3 Å². The van der Waals surface area contributed by atoms with E-state index in [1.54, 1.807) is 11.3 Å². The first-order valence-electron chi connectivity index (χ1n) is 10.5. The molecule has 0 atom stereocenters. The molecule has 0 unspecified atom stereocenters. The number of likely N-dealkylation sites (tertiary alicyclic amines) is 1. The molecule has 0 radical (unpaired) electrons. The van der Waals surface area contributed by atoms with E-state index in [1.165, 1.54) is 12.8 Å². The van der Waals surface area contributed by atoms with Crippen molar-refractivity contribution in [3.05, 3.63) is 33.4 Å². The Kier molecular flexibility index (Phi) is 10.0. The van der Waals surface area contributed by atoms with E-state index in [0.29, 0.717) is 18.4 Å². The number of halogens is 1. The molecule has 9 heteroatoms. The predicted octanol–water partition coefficient (Wildman–Crippen LogP) is 4.07. The van der Waals surface area contributed by atoms with Gasteiger partial charge in [-0.2, -0.15) is 0 Å². The number of oxazole rings is 1. The highest BCUT2D eigenvalue weighted by molar-refractivity contribution is 14.0. The quantitative estimate of drug-likeness (QED) is 0.310. The van der Waals surface area contributed by atoms with Crippen LogP contribution < -0.4 is 10.6 Å². The third-order valence-electron chi connectivity index (χ3n) is 5.49. The van der Waals surface area contributed by atoms with Crippen molar-refractivity contribution in [1.29, 1.82) is 0 Å². The smallest absolute Gasteiger partial charge is 0.208 e. The lowest BCUT2D eigenvalue weighted by atomic mass is 9.97. The fraction of sp³-hybridized carbons (Fsp3) is 0.667. The molecule has 3 heterocycles. The number of aryl methyl sites for hydroxylation is 2. The summed E-state index contributed by atoms with van der Waals surface area (Å²) in [5.41, 5.74) is 2.16. The highest BCUT2D eigenvalue weighted by Gasteiger charge is 2.21. The molecular formula is C21H35IN6OS. The standard InChI is InChI=1S/C21H34N6OS.HI/c1-14(2)18-13-29-20(26-18)11-24-21(22-5)23-10-17-6-8-27(9-7-17)12-19-25-15(3)16(4)28-19;/h13-14,17H,6-12H2,1-5H3,(H2,22,23,24);1H. The Balaban J connectivity index is 0.00000320. The Bertz CT molecular complexity index is 791. The SMILES string of the molecule is CN=C(NCc1nc(C(C)C)cs1)NCC1CCN(Cc2nc(C)c(C)o2)CC1.I. The first-order chi connectivity index (χ1) is 13.9. The van der Waals surface area contributed by atoms with Crippen molar-refractivity contribution in [3.63, 3.8) is 0 Å². The minimum absolute atomic E-state index is 0. The molecule has 1 fully saturated rings. The van der Waals surface area contributed by atoms with E-state index in [2.05, 4.69) is 49.7 Å². The van der Waals surface area contributed by atoms with Crippen molar-refractivity contribution in [2.24, 2.45) is 10.9 Å². The van der Waals surface area contributed by atoms with Crippen LogP contribution in [0, 0.1) is 19.8 Å². The fourth-order valence-electron chi connectivity index (χ4n) is 3.44. The van der Waals surface area contributed by atoms with Gasteiger partial charge >= 0.3 is 0 Å². The third kappa shape index (κ3) is 7.19. The average Bonchev–Trinajstić information content (AvgIpc) is 3.30. The summed E-state index contributed by atoms with van der Waals surface area (Å²) in [6, 6.07) is 0. The third-order valence-corrected chi connectivity index (χ3v) is 6.36. The van der Waals surface area contributed by atoms with Gasteiger partial charge in [0.05, 0.1) is 24.5 Å². The molecule has 1 aliphatic heterocycles. The minimum atomic E-state index is 0. The Morgan fingerprint density at radius 1 is 1.27 bits per heavy atom. The second-order valence-electron chi connectivity index (χ2n) is 8.10. The molecule has 168 valence electrons. The lowest BCUT2D eigenvalue weighted by molar-refractivity contribution is 0.164. The van der Waals surface area contributed by atoms with Crippen molar-refractivity contribution in [2.45, 2.75) is 59.5 Å². The summed E-state index contributed by atoms with van der Waals surface area (Å²) in [6.45, 7) is 12.9. The van der Waals surface area contributed by atoms with Gasteiger partial charge in [-0.3, -0.25) is 9.89 Å². The van der Waals surface area contributed by atoms with Crippen LogP contribution in [-0.4, -0.2) is 47.5 Å². The Morgan fingerprint density at radius 2 is 2.00 bits per heavy atom. The molecule has 3 rings (SSSR count). The van der Waals surface area contributed by atoms with Gasteiger partial charge in [-0.1, -0.05) is 13.8 Å². The molecule has 0 aromatic carbocycles. The minimum Gasteiger partial charge on any atom is -0.444 e. The number of aliphatic imine (C=N–C) groups is 1. The van der Waals surface area contributed by atoms with Gasteiger partial charge in [0.15, 0.2) is 5.96 Å². The number of nitrogens with one attached hydrogen (secondary N) is 2. The largest absolute Gasteiger partial charge is 0.444 e. The van der Waals surface area contributed by atoms with Crippen molar-refractivity contribution in [3.8, 4) is 0 Å². The zero-order chi connectivity index (χ0) is 20.8. The first kappa shape index (κ1) is 25.1. The zero-order valence-corrected chi connectivity index (χ0v) is 21.8. The summed E-state index contributed by atoms with van der Waals surface area (Å²) < 4.78 is 5.72. The Hall–Kier alpha value is -1.20. The number of rotatable bonds is 7. The van der Waals surface area contributed by atoms with E-state index in [9.17, 15) is 0 Å². The number of thiazole rings is 1. The molecule has 1 aliphatic rings. The van der Waals surface area contributed by atoms with Crippen LogP contribution in [0.15, 0.2) is 14.8 Å². The lowest BCUT2D eigenvalue weighted by Crippen LogP contribution is -2.42. The molecule has 2 N–H and O–H groups in total. The van der Waals surface area contributed by atoms with E-state index >= 15 is 0 Å². The van der Waals surface area contributed by atoms with Crippen LogP contribution in [0.3, 0.4) is 0 Å². The van der Waals surface area contributed by atoms with Crippen LogP contribution in [-0.2, 0) is 13.1 Å². The van der Waals surface area contributed by atoms with Crippen molar-refractivity contribution in [2.75, 3.05) is 26.7 Å². The van der Waals surface area contributed by atoms with E-state index < -0.39 is 0 Å². The van der Waals surface area contributed by atoms with Gasteiger partial charge in [0.2, 0.25) is 5.89 Å². The van der Waals surface area contributed by atoms with Crippen LogP contribution in [0.25, 0.3) is 0 Å². The summed E-state index contributed by atoms with van der Waals surface area (Å²) in [5, 5.41) is 10.1. The summed E-state index contributed by atoms with van der Waals surface area (Å²) in [5.74, 6) is 3.74.